The molecule has 0 heteroatoms. The monoisotopic (exact) mass is 350 g/mol. The van der Waals surface area contributed by atoms with Gasteiger partial charge < -0.3 is 0 Å². The first-order valence-electron chi connectivity index (χ1n) is 9.40. The summed E-state index contributed by atoms with van der Waals surface area (Å²) in [5.41, 5.74) is 1.00. The second-order valence-corrected chi connectivity index (χ2v) is 9.50. The molecule has 0 aromatic heterocycles. The maximum atomic E-state index is 2.19. The Balaban J connectivity index is 0.000000342. The lowest BCUT2D eigenvalue weighted by molar-refractivity contribution is 0.469. The SMILES string of the molecule is CC(C)(C)C.CC(C)(C)C.c1ccc2ccccc2c1.c1ccccc1. The molecule has 0 aliphatic carbocycles. The van der Waals surface area contributed by atoms with Crippen LogP contribution < -0.4 is 0 Å². The molecular formula is C26H38. The van der Waals surface area contributed by atoms with Crippen LogP contribution in [0.1, 0.15) is 55.4 Å². The molecule has 0 radical (unpaired) electrons. The van der Waals surface area contributed by atoms with Crippen molar-refractivity contribution in [2.45, 2.75) is 55.4 Å². The fourth-order valence-corrected chi connectivity index (χ4v) is 1.52. The molecule has 0 heterocycles. The summed E-state index contributed by atoms with van der Waals surface area (Å²) < 4.78 is 0. The third-order valence-corrected chi connectivity index (χ3v) is 2.33. The van der Waals surface area contributed by atoms with Gasteiger partial charge in [0.25, 0.3) is 0 Å². The van der Waals surface area contributed by atoms with E-state index in [1.54, 1.807) is 0 Å². The molecule has 0 bridgehead atoms. The first kappa shape index (κ1) is 23.9. The molecule has 0 aliphatic heterocycles. The van der Waals surface area contributed by atoms with Crippen molar-refractivity contribution in [3.8, 4) is 0 Å². The molecular weight excluding hydrogens is 312 g/mol. The Labute approximate surface area is 162 Å². The second kappa shape index (κ2) is 12.3. The molecule has 0 amide bonds. The van der Waals surface area contributed by atoms with Crippen LogP contribution in [0.2, 0.25) is 0 Å². The van der Waals surface area contributed by atoms with Crippen LogP contribution in [0.5, 0.6) is 0 Å². The van der Waals surface area contributed by atoms with E-state index in [4.69, 9.17) is 0 Å². The van der Waals surface area contributed by atoms with Gasteiger partial charge in [0.15, 0.2) is 0 Å². The molecule has 142 valence electrons. The highest BCUT2D eigenvalue weighted by atomic mass is 14.0. The van der Waals surface area contributed by atoms with Crippen LogP contribution in [-0.2, 0) is 0 Å². The zero-order chi connectivity index (χ0) is 20.1. The molecule has 0 spiro atoms. The van der Waals surface area contributed by atoms with Crippen molar-refractivity contribution in [2.75, 3.05) is 0 Å². The van der Waals surface area contributed by atoms with Crippen molar-refractivity contribution >= 4 is 10.8 Å². The fourth-order valence-electron chi connectivity index (χ4n) is 1.52. The molecule has 3 aromatic carbocycles. The van der Waals surface area contributed by atoms with Crippen molar-refractivity contribution in [2.24, 2.45) is 10.8 Å². The molecule has 3 aromatic rings. The van der Waals surface area contributed by atoms with E-state index in [1.807, 2.05) is 36.4 Å². The molecule has 0 N–H and O–H groups in total. The molecule has 3 rings (SSSR count). The minimum Gasteiger partial charge on any atom is -0.0623 e. The number of fused-ring (bicyclic) bond motifs is 1. The molecule has 0 atom stereocenters. The molecule has 0 saturated carbocycles. The van der Waals surface area contributed by atoms with Gasteiger partial charge in [-0.05, 0) is 21.6 Å². The van der Waals surface area contributed by atoms with Crippen molar-refractivity contribution in [1.29, 1.82) is 0 Å². The van der Waals surface area contributed by atoms with Gasteiger partial charge in [-0.15, -0.1) is 0 Å². The first-order valence-corrected chi connectivity index (χ1v) is 9.40. The van der Waals surface area contributed by atoms with Crippen LogP contribution in [0, 0.1) is 10.8 Å². The molecule has 0 aliphatic rings. The zero-order valence-corrected chi connectivity index (χ0v) is 18.1. The van der Waals surface area contributed by atoms with E-state index in [-0.39, 0.29) is 0 Å². The van der Waals surface area contributed by atoms with Gasteiger partial charge in [-0.25, -0.2) is 0 Å². The Bertz CT molecular complexity index is 566. The van der Waals surface area contributed by atoms with E-state index in [0.717, 1.165) is 0 Å². The lowest BCUT2D eigenvalue weighted by Gasteiger charge is -2.05. The third-order valence-electron chi connectivity index (χ3n) is 2.33. The van der Waals surface area contributed by atoms with Gasteiger partial charge in [-0.3, -0.25) is 0 Å². The normalized spacial score (nSPS) is 10.3. The number of hydrogen-bond acceptors (Lipinski definition) is 0. The fraction of sp³-hybridized carbons (Fsp3) is 0.385. The van der Waals surface area contributed by atoms with Crippen molar-refractivity contribution in [1.82, 2.24) is 0 Å². The molecule has 0 fully saturated rings. The van der Waals surface area contributed by atoms with Gasteiger partial charge in [0.2, 0.25) is 0 Å². The van der Waals surface area contributed by atoms with E-state index in [0.29, 0.717) is 10.8 Å². The van der Waals surface area contributed by atoms with Crippen LogP contribution in [0.3, 0.4) is 0 Å². The van der Waals surface area contributed by atoms with E-state index in [2.05, 4.69) is 104 Å². The zero-order valence-electron chi connectivity index (χ0n) is 18.1. The summed E-state index contributed by atoms with van der Waals surface area (Å²) in [5.74, 6) is 0. The Morgan fingerprint density at radius 3 is 0.654 bits per heavy atom. The van der Waals surface area contributed by atoms with Gasteiger partial charge >= 0.3 is 0 Å². The lowest BCUT2D eigenvalue weighted by atomic mass is 10.0. The number of rotatable bonds is 0. The summed E-state index contributed by atoms with van der Waals surface area (Å²) >= 11 is 0. The van der Waals surface area contributed by atoms with Gasteiger partial charge in [-0.2, -0.15) is 0 Å². The van der Waals surface area contributed by atoms with Gasteiger partial charge in [0, 0.05) is 0 Å². The summed E-state index contributed by atoms with van der Waals surface area (Å²) in [5, 5.41) is 2.62. The molecule has 0 unspecified atom stereocenters. The Morgan fingerprint density at radius 2 is 0.500 bits per heavy atom. The van der Waals surface area contributed by atoms with Gasteiger partial charge in [0.05, 0.1) is 0 Å². The Kier molecular flexibility index (Phi) is 11.3. The Morgan fingerprint density at radius 1 is 0.346 bits per heavy atom. The third kappa shape index (κ3) is 20.0. The average molecular weight is 351 g/mol. The van der Waals surface area contributed by atoms with E-state index in [1.165, 1.54) is 10.8 Å². The van der Waals surface area contributed by atoms with E-state index in [9.17, 15) is 0 Å². The topological polar surface area (TPSA) is 0 Å². The van der Waals surface area contributed by atoms with Gasteiger partial charge in [-0.1, -0.05) is 140 Å². The summed E-state index contributed by atoms with van der Waals surface area (Å²) in [6.07, 6.45) is 0. The number of hydrogen-bond donors (Lipinski definition) is 0. The van der Waals surface area contributed by atoms with Crippen LogP contribution in [0.15, 0.2) is 84.9 Å². The minimum absolute atomic E-state index is 0.500. The van der Waals surface area contributed by atoms with Crippen LogP contribution in [-0.4, -0.2) is 0 Å². The van der Waals surface area contributed by atoms with Crippen LogP contribution >= 0.6 is 0 Å². The van der Waals surface area contributed by atoms with E-state index >= 15 is 0 Å². The largest absolute Gasteiger partial charge is 0.0623 e. The highest BCUT2D eigenvalue weighted by Crippen LogP contribution is 2.11. The molecule has 0 saturated heterocycles. The lowest BCUT2D eigenvalue weighted by Crippen LogP contribution is -1.93. The molecule has 0 nitrogen and oxygen atoms in total. The highest BCUT2D eigenvalue weighted by molar-refractivity contribution is 5.81. The summed E-state index contributed by atoms with van der Waals surface area (Å²) in [7, 11) is 0. The van der Waals surface area contributed by atoms with Crippen molar-refractivity contribution in [3.05, 3.63) is 84.9 Å². The van der Waals surface area contributed by atoms with Gasteiger partial charge in [0.1, 0.15) is 0 Å². The number of benzene rings is 3. The summed E-state index contributed by atoms with van der Waals surface area (Å²) in [4.78, 5) is 0. The standard InChI is InChI=1S/C10H8.C6H6.2C5H12/c1-2-6-10-8-4-3-7-9(10)5-1;1-2-4-6-5-3-1;2*1-5(2,3)4/h1-8H;1-6H;2*1-4H3. The summed E-state index contributed by atoms with van der Waals surface area (Å²) in [6, 6.07) is 28.7. The second-order valence-electron chi connectivity index (χ2n) is 9.50. The maximum absolute atomic E-state index is 2.19. The molecule has 26 heavy (non-hydrogen) atoms. The quantitative estimate of drug-likeness (QED) is 0.380. The van der Waals surface area contributed by atoms with Crippen molar-refractivity contribution < 1.29 is 0 Å². The van der Waals surface area contributed by atoms with Crippen LogP contribution in [0.25, 0.3) is 10.8 Å². The predicted molar refractivity (Wildman–Crippen MR) is 121 cm³/mol. The summed E-state index contributed by atoms with van der Waals surface area (Å²) in [6.45, 7) is 17.5. The Hall–Kier alpha value is -2.08. The van der Waals surface area contributed by atoms with Crippen molar-refractivity contribution in [3.63, 3.8) is 0 Å². The highest BCUT2D eigenvalue weighted by Gasteiger charge is 1.96. The van der Waals surface area contributed by atoms with E-state index < -0.39 is 0 Å². The maximum Gasteiger partial charge on any atom is -0.0184 e. The predicted octanol–water partition coefficient (Wildman–Crippen LogP) is 8.63. The minimum atomic E-state index is 0.500. The van der Waals surface area contributed by atoms with Crippen LogP contribution in [0.4, 0.5) is 0 Å². The first-order chi connectivity index (χ1) is 12.0. The average Bonchev–Trinajstić information content (AvgIpc) is 2.54. The smallest absolute Gasteiger partial charge is 0.0184 e.